The van der Waals surface area contributed by atoms with Gasteiger partial charge in [0.05, 0.1) is 18.6 Å². The van der Waals surface area contributed by atoms with Crippen LogP contribution in [0.5, 0.6) is 0 Å². The van der Waals surface area contributed by atoms with E-state index in [1.165, 1.54) is 22.8 Å². The zero-order valence-corrected chi connectivity index (χ0v) is 10.7. The molecular formula is C11H15N3S2. The van der Waals surface area contributed by atoms with Crippen LogP contribution in [0.15, 0.2) is 22.5 Å². The first kappa shape index (κ1) is 10.5. The molecule has 1 atom stereocenters. The first-order chi connectivity index (χ1) is 7.80. The molecule has 1 aromatic rings. The Morgan fingerprint density at radius 2 is 2.50 bits per heavy atom. The molecule has 16 heavy (non-hydrogen) atoms. The van der Waals surface area contributed by atoms with Crippen LogP contribution in [0, 0.1) is 0 Å². The van der Waals surface area contributed by atoms with Gasteiger partial charge in [0.25, 0.3) is 0 Å². The van der Waals surface area contributed by atoms with Crippen molar-refractivity contribution >= 4 is 29.1 Å². The van der Waals surface area contributed by atoms with E-state index < -0.39 is 0 Å². The molecule has 3 heterocycles. The maximum absolute atomic E-state index is 6.02. The standard InChI is InChI=1S/C11H15N3S2/c12-10-13-7-11(3-5-15-8-11)14(10)6-9-2-1-4-16-9/h1-2,4H,3,5-8H2,(H2,12,13). The second-order valence-corrected chi connectivity index (χ2v) is 6.50. The largest absolute Gasteiger partial charge is 0.370 e. The van der Waals surface area contributed by atoms with Gasteiger partial charge < -0.3 is 10.6 Å². The van der Waals surface area contributed by atoms with Crippen molar-refractivity contribution in [1.82, 2.24) is 4.90 Å². The zero-order valence-electron chi connectivity index (χ0n) is 9.06. The molecule has 86 valence electrons. The Morgan fingerprint density at radius 3 is 3.19 bits per heavy atom. The van der Waals surface area contributed by atoms with Crippen molar-refractivity contribution in [2.24, 2.45) is 10.7 Å². The lowest BCUT2D eigenvalue weighted by Crippen LogP contribution is -2.51. The SMILES string of the molecule is NC1=NCC2(CCSC2)N1Cc1cccs1. The number of guanidine groups is 1. The quantitative estimate of drug-likeness (QED) is 0.873. The molecule has 2 aliphatic rings. The molecule has 2 aliphatic heterocycles. The summed E-state index contributed by atoms with van der Waals surface area (Å²) in [5.74, 6) is 3.14. The van der Waals surface area contributed by atoms with Gasteiger partial charge in [0.2, 0.25) is 0 Å². The second-order valence-electron chi connectivity index (χ2n) is 4.37. The van der Waals surface area contributed by atoms with E-state index in [-0.39, 0.29) is 5.54 Å². The predicted molar refractivity (Wildman–Crippen MR) is 71.0 cm³/mol. The summed E-state index contributed by atoms with van der Waals surface area (Å²) in [5, 5.41) is 2.12. The number of rotatable bonds is 2. The highest BCUT2D eigenvalue weighted by Crippen LogP contribution is 2.37. The molecule has 1 fully saturated rings. The van der Waals surface area contributed by atoms with Gasteiger partial charge >= 0.3 is 0 Å². The summed E-state index contributed by atoms with van der Waals surface area (Å²) in [6, 6.07) is 4.27. The van der Waals surface area contributed by atoms with Crippen molar-refractivity contribution in [3.63, 3.8) is 0 Å². The summed E-state index contributed by atoms with van der Waals surface area (Å²) >= 11 is 3.82. The molecule has 1 saturated heterocycles. The van der Waals surface area contributed by atoms with Gasteiger partial charge in [-0.3, -0.25) is 4.99 Å². The van der Waals surface area contributed by atoms with Crippen LogP contribution in [0.4, 0.5) is 0 Å². The van der Waals surface area contributed by atoms with Gasteiger partial charge in [-0.1, -0.05) is 6.07 Å². The van der Waals surface area contributed by atoms with Crippen LogP contribution in [0.1, 0.15) is 11.3 Å². The van der Waals surface area contributed by atoms with E-state index in [0.29, 0.717) is 0 Å². The molecule has 1 spiro atoms. The number of nitrogens with two attached hydrogens (primary N) is 1. The minimum Gasteiger partial charge on any atom is -0.370 e. The molecule has 0 aliphatic carbocycles. The second kappa shape index (κ2) is 3.96. The van der Waals surface area contributed by atoms with E-state index in [2.05, 4.69) is 27.4 Å². The highest BCUT2D eigenvalue weighted by Gasteiger charge is 2.44. The number of hydrogen-bond acceptors (Lipinski definition) is 5. The van der Waals surface area contributed by atoms with Crippen LogP contribution < -0.4 is 5.73 Å². The third-order valence-electron chi connectivity index (χ3n) is 3.36. The van der Waals surface area contributed by atoms with E-state index >= 15 is 0 Å². The van der Waals surface area contributed by atoms with E-state index in [9.17, 15) is 0 Å². The van der Waals surface area contributed by atoms with Crippen LogP contribution in [-0.4, -0.2) is 34.4 Å². The van der Waals surface area contributed by atoms with Crippen molar-refractivity contribution in [2.75, 3.05) is 18.1 Å². The number of nitrogens with zero attached hydrogens (tertiary/aromatic N) is 2. The summed E-state index contributed by atoms with van der Waals surface area (Å²) in [5.41, 5.74) is 6.24. The van der Waals surface area contributed by atoms with Crippen molar-refractivity contribution in [1.29, 1.82) is 0 Å². The van der Waals surface area contributed by atoms with Crippen molar-refractivity contribution in [3.05, 3.63) is 22.4 Å². The van der Waals surface area contributed by atoms with Gasteiger partial charge in [0, 0.05) is 10.6 Å². The average molecular weight is 253 g/mol. The molecule has 0 amide bonds. The van der Waals surface area contributed by atoms with Gasteiger partial charge in [-0.15, -0.1) is 11.3 Å². The zero-order chi connectivity index (χ0) is 11.0. The Balaban J connectivity index is 1.82. The summed E-state index contributed by atoms with van der Waals surface area (Å²) in [6.07, 6.45) is 1.22. The molecule has 0 radical (unpaired) electrons. The summed E-state index contributed by atoms with van der Waals surface area (Å²) in [6.45, 7) is 1.81. The number of thioether (sulfide) groups is 1. The molecule has 0 aromatic carbocycles. The fraction of sp³-hybridized carbons (Fsp3) is 0.545. The molecule has 1 unspecified atom stereocenters. The van der Waals surface area contributed by atoms with Crippen LogP contribution in [0.2, 0.25) is 0 Å². The monoisotopic (exact) mass is 253 g/mol. The average Bonchev–Trinajstić information content (AvgIpc) is 2.98. The van der Waals surface area contributed by atoms with Crippen LogP contribution in [-0.2, 0) is 6.54 Å². The first-order valence-electron chi connectivity index (χ1n) is 5.48. The van der Waals surface area contributed by atoms with E-state index in [1.54, 1.807) is 11.3 Å². The summed E-state index contributed by atoms with van der Waals surface area (Å²) < 4.78 is 0. The number of thiophene rings is 1. The van der Waals surface area contributed by atoms with Gasteiger partial charge in [-0.2, -0.15) is 11.8 Å². The Hall–Kier alpha value is -0.680. The minimum atomic E-state index is 0.221. The smallest absolute Gasteiger partial charge is 0.192 e. The van der Waals surface area contributed by atoms with Gasteiger partial charge in [-0.25, -0.2) is 0 Å². The third kappa shape index (κ3) is 1.62. The van der Waals surface area contributed by atoms with Crippen molar-refractivity contribution in [3.8, 4) is 0 Å². The molecule has 3 rings (SSSR count). The highest BCUT2D eigenvalue weighted by molar-refractivity contribution is 7.99. The van der Waals surface area contributed by atoms with Crippen molar-refractivity contribution < 1.29 is 0 Å². The topological polar surface area (TPSA) is 41.6 Å². The fourth-order valence-electron chi connectivity index (χ4n) is 2.38. The van der Waals surface area contributed by atoms with Crippen LogP contribution in [0.3, 0.4) is 0 Å². The highest BCUT2D eigenvalue weighted by atomic mass is 32.2. The van der Waals surface area contributed by atoms with Gasteiger partial charge in [0.1, 0.15) is 0 Å². The lowest BCUT2D eigenvalue weighted by molar-refractivity contribution is 0.224. The molecular weight excluding hydrogens is 238 g/mol. The maximum atomic E-state index is 6.02. The first-order valence-corrected chi connectivity index (χ1v) is 7.51. The van der Waals surface area contributed by atoms with E-state index in [1.807, 2.05) is 11.8 Å². The van der Waals surface area contributed by atoms with E-state index in [4.69, 9.17) is 5.73 Å². The van der Waals surface area contributed by atoms with Gasteiger partial charge in [-0.05, 0) is 23.6 Å². The molecule has 2 N–H and O–H groups in total. The van der Waals surface area contributed by atoms with E-state index in [0.717, 1.165) is 19.0 Å². The Labute approximate surface area is 104 Å². The lowest BCUT2D eigenvalue weighted by atomic mass is 9.98. The summed E-state index contributed by atoms with van der Waals surface area (Å²) in [7, 11) is 0. The van der Waals surface area contributed by atoms with Gasteiger partial charge in [0.15, 0.2) is 5.96 Å². The summed E-state index contributed by atoms with van der Waals surface area (Å²) in [4.78, 5) is 8.13. The minimum absolute atomic E-state index is 0.221. The number of aliphatic imine (C=N–C) groups is 1. The Morgan fingerprint density at radius 1 is 1.56 bits per heavy atom. The molecule has 5 heteroatoms. The number of hydrogen-bond donors (Lipinski definition) is 1. The molecule has 0 saturated carbocycles. The van der Waals surface area contributed by atoms with Crippen LogP contribution in [0.25, 0.3) is 0 Å². The Kier molecular flexibility index (Phi) is 2.59. The normalized spacial score (nSPS) is 29.0. The van der Waals surface area contributed by atoms with Crippen molar-refractivity contribution in [2.45, 2.75) is 18.5 Å². The third-order valence-corrected chi connectivity index (χ3v) is 5.46. The molecule has 3 nitrogen and oxygen atoms in total. The van der Waals surface area contributed by atoms with Crippen LogP contribution >= 0.6 is 23.1 Å². The predicted octanol–water partition coefficient (Wildman–Crippen LogP) is 1.75. The lowest BCUT2D eigenvalue weighted by Gasteiger charge is -2.35. The molecule has 1 aromatic heterocycles. The maximum Gasteiger partial charge on any atom is 0.192 e. The Bertz CT molecular complexity index is 393. The fourth-order valence-corrected chi connectivity index (χ4v) is 4.52. The molecule has 0 bridgehead atoms.